The number of nitrogens with zero attached hydrogens (tertiary/aromatic N) is 3. The molecule has 1 aliphatic carbocycles. The van der Waals surface area contributed by atoms with Gasteiger partial charge in [-0.15, -0.1) is 22.0 Å². The number of amides is 2. The van der Waals surface area contributed by atoms with E-state index in [-0.39, 0.29) is 11.8 Å². The normalized spacial score (nSPS) is 14.7. The summed E-state index contributed by atoms with van der Waals surface area (Å²) in [4.78, 5) is 28.2. The Balaban J connectivity index is 1.60. The van der Waals surface area contributed by atoms with Crippen molar-refractivity contribution in [3.8, 4) is 0 Å². The van der Waals surface area contributed by atoms with Crippen molar-refractivity contribution in [1.82, 2.24) is 15.1 Å². The van der Waals surface area contributed by atoms with Gasteiger partial charge in [0.1, 0.15) is 5.01 Å². The average Bonchev–Trinajstić information content (AvgIpc) is 3.18. The Morgan fingerprint density at radius 1 is 1.20 bits per heavy atom. The van der Waals surface area contributed by atoms with Crippen molar-refractivity contribution >= 4 is 40.0 Å². The monoisotopic (exact) mass is 446 g/mol. The first kappa shape index (κ1) is 22.7. The number of carbonyl (C=O) groups excluding carboxylic acids is 2. The van der Waals surface area contributed by atoms with E-state index in [1.807, 2.05) is 30.1 Å². The second-order valence-electron chi connectivity index (χ2n) is 8.13. The first-order valence-electron chi connectivity index (χ1n) is 10.5. The van der Waals surface area contributed by atoms with Gasteiger partial charge in [0.2, 0.25) is 11.0 Å². The fourth-order valence-electron chi connectivity index (χ4n) is 3.59. The van der Waals surface area contributed by atoms with Crippen LogP contribution in [0.5, 0.6) is 0 Å². The summed E-state index contributed by atoms with van der Waals surface area (Å²) in [5, 5.41) is 12.5. The Kier molecular flexibility index (Phi) is 8.27. The highest BCUT2D eigenvalue weighted by atomic mass is 32.2. The Morgan fingerprint density at radius 2 is 1.93 bits per heavy atom. The summed E-state index contributed by atoms with van der Waals surface area (Å²) in [7, 11) is 1.90. The molecule has 0 spiro atoms. The molecule has 1 heterocycles. The van der Waals surface area contributed by atoms with Crippen molar-refractivity contribution in [1.29, 1.82) is 0 Å². The number of benzene rings is 1. The van der Waals surface area contributed by atoms with Crippen molar-refractivity contribution in [2.75, 3.05) is 18.1 Å². The fourth-order valence-corrected chi connectivity index (χ4v) is 5.51. The van der Waals surface area contributed by atoms with Crippen LogP contribution < -0.4 is 5.32 Å². The molecule has 162 valence electrons. The number of carbonyl (C=O) groups is 2. The minimum atomic E-state index is -0.224. The number of rotatable bonds is 8. The molecule has 2 amide bonds. The number of hydrogen-bond donors (Lipinski definition) is 1. The van der Waals surface area contributed by atoms with Gasteiger partial charge in [-0.3, -0.25) is 14.9 Å². The maximum absolute atomic E-state index is 12.8. The summed E-state index contributed by atoms with van der Waals surface area (Å²) in [6.45, 7) is 4.25. The van der Waals surface area contributed by atoms with Gasteiger partial charge in [-0.1, -0.05) is 56.6 Å². The standard InChI is InChI=1S/C22H30N4O2S2/c1-15(2)13-19-24-25-22(30-19)23-21(28)17-11-7-8-12-18(17)29-14-20(27)26(3)16-9-5-4-6-10-16/h7-8,11-12,15-16H,4-6,9-10,13-14H2,1-3H3,(H,23,25,28). The van der Waals surface area contributed by atoms with Gasteiger partial charge in [0.25, 0.3) is 5.91 Å². The van der Waals surface area contributed by atoms with Crippen molar-refractivity contribution in [2.45, 2.75) is 63.3 Å². The van der Waals surface area contributed by atoms with E-state index < -0.39 is 0 Å². The molecule has 1 fully saturated rings. The Hall–Kier alpha value is -1.93. The molecule has 1 aliphatic rings. The lowest BCUT2D eigenvalue weighted by molar-refractivity contribution is -0.129. The SMILES string of the molecule is CC(C)Cc1nnc(NC(=O)c2ccccc2SCC(=O)N(C)C2CCCCC2)s1. The zero-order valence-corrected chi connectivity index (χ0v) is 19.5. The lowest BCUT2D eigenvalue weighted by Gasteiger charge is -2.31. The van der Waals surface area contributed by atoms with Gasteiger partial charge in [0, 0.05) is 24.4 Å². The van der Waals surface area contributed by atoms with E-state index in [9.17, 15) is 9.59 Å². The van der Waals surface area contributed by atoms with Crippen LogP contribution >= 0.6 is 23.1 Å². The second-order valence-corrected chi connectivity index (χ2v) is 10.2. The van der Waals surface area contributed by atoms with Crippen LogP contribution in [0.15, 0.2) is 29.2 Å². The van der Waals surface area contributed by atoms with Crippen molar-refractivity contribution in [3.63, 3.8) is 0 Å². The van der Waals surface area contributed by atoms with Crippen LogP contribution in [-0.2, 0) is 11.2 Å². The van der Waals surface area contributed by atoms with Crippen LogP contribution in [0.3, 0.4) is 0 Å². The second kappa shape index (κ2) is 10.9. The molecule has 0 saturated heterocycles. The summed E-state index contributed by atoms with van der Waals surface area (Å²) in [5.41, 5.74) is 0.552. The minimum Gasteiger partial charge on any atom is -0.342 e. The van der Waals surface area contributed by atoms with Crippen molar-refractivity contribution in [3.05, 3.63) is 34.8 Å². The molecule has 0 bridgehead atoms. The molecule has 3 rings (SSSR count). The van der Waals surface area contributed by atoms with Crippen LogP contribution in [-0.4, -0.2) is 45.8 Å². The third-order valence-corrected chi connectivity index (χ3v) is 7.19. The average molecular weight is 447 g/mol. The van der Waals surface area contributed by atoms with Crippen LogP contribution in [0.1, 0.15) is 61.3 Å². The van der Waals surface area contributed by atoms with E-state index in [0.717, 1.165) is 29.2 Å². The van der Waals surface area contributed by atoms with Gasteiger partial charge < -0.3 is 4.90 Å². The third-order valence-electron chi connectivity index (χ3n) is 5.27. The van der Waals surface area contributed by atoms with E-state index in [1.54, 1.807) is 6.07 Å². The molecular formula is C22H30N4O2S2. The summed E-state index contributed by atoms with van der Waals surface area (Å²) < 4.78 is 0. The van der Waals surface area contributed by atoms with E-state index in [4.69, 9.17) is 0 Å². The number of nitrogens with one attached hydrogen (secondary N) is 1. The molecule has 1 aromatic heterocycles. The van der Waals surface area contributed by atoms with Gasteiger partial charge >= 0.3 is 0 Å². The van der Waals surface area contributed by atoms with Gasteiger partial charge in [0.05, 0.1) is 11.3 Å². The third kappa shape index (κ3) is 6.28. The van der Waals surface area contributed by atoms with Crippen LogP contribution in [0.2, 0.25) is 0 Å². The van der Waals surface area contributed by atoms with E-state index in [1.165, 1.54) is 42.4 Å². The molecular weight excluding hydrogens is 416 g/mol. The highest BCUT2D eigenvalue weighted by Gasteiger charge is 2.22. The fraction of sp³-hybridized carbons (Fsp3) is 0.545. The largest absolute Gasteiger partial charge is 0.342 e. The number of thioether (sulfide) groups is 1. The Bertz CT molecular complexity index is 862. The summed E-state index contributed by atoms with van der Waals surface area (Å²) >= 11 is 2.82. The molecule has 30 heavy (non-hydrogen) atoms. The van der Waals surface area contributed by atoms with Gasteiger partial charge in [-0.25, -0.2) is 0 Å². The minimum absolute atomic E-state index is 0.115. The molecule has 1 saturated carbocycles. The highest BCUT2D eigenvalue weighted by Crippen LogP contribution is 2.27. The zero-order valence-electron chi connectivity index (χ0n) is 17.9. The van der Waals surface area contributed by atoms with E-state index in [0.29, 0.717) is 28.4 Å². The van der Waals surface area contributed by atoms with Gasteiger partial charge in [-0.05, 0) is 30.9 Å². The Labute approximate surface area is 186 Å². The first-order valence-corrected chi connectivity index (χ1v) is 12.4. The molecule has 1 aromatic carbocycles. The summed E-state index contributed by atoms with van der Waals surface area (Å²) in [5.74, 6) is 0.708. The predicted octanol–water partition coefficient (Wildman–Crippen LogP) is 4.87. The molecule has 1 N–H and O–H groups in total. The molecule has 0 aliphatic heterocycles. The van der Waals surface area contributed by atoms with Crippen LogP contribution in [0, 0.1) is 5.92 Å². The summed E-state index contributed by atoms with van der Waals surface area (Å²) in [6, 6.07) is 7.74. The Morgan fingerprint density at radius 3 is 2.67 bits per heavy atom. The lowest BCUT2D eigenvalue weighted by atomic mass is 9.94. The van der Waals surface area contributed by atoms with E-state index >= 15 is 0 Å². The number of anilines is 1. The van der Waals surface area contributed by atoms with Crippen LogP contribution in [0.25, 0.3) is 0 Å². The maximum atomic E-state index is 12.8. The highest BCUT2D eigenvalue weighted by molar-refractivity contribution is 8.00. The predicted molar refractivity (Wildman–Crippen MR) is 123 cm³/mol. The lowest BCUT2D eigenvalue weighted by Crippen LogP contribution is -2.39. The van der Waals surface area contributed by atoms with Crippen LogP contribution in [0.4, 0.5) is 5.13 Å². The number of hydrogen-bond acceptors (Lipinski definition) is 6. The molecule has 8 heteroatoms. The zero-order chi connectivity index (χ0) is 21.5. The van der Waals surface area contributed by atoms with Crippen molar-refractivity contribution in [2.24, 2.45) is 5.92 Å². The molecule has 6 nitrogen and oxygen atoms in total. The van der Waals surface area contributed by atoms with Gasteiger partial charge in [-0.2, -0.15) is 0 Å². The molecule has 0 atom stereocenters. The first-order chi connectivity index (χ1) is 14.4. The molecule has 0 radical (unpaired) electrons. The molecule has 0 unspecified atom stereocenters. The summed E-state index contributed by atoms with van der Waals surface area (Å²) in [6.07, 6.45) is 6.69. The van der Waals surface area contributed by atoms with E-state index in [2.05, 4.69) is 29.4 Å². The van der Waals surface area contributed by atoms with Crippen molar-refractivity contribution < 1.29 is 9.59 Å². The quantitative estimate of drug-likeness (QED) is 0.586. The topological polar surface area (TPSA) is 75.2 Å². The van der Waals surface area contributed by atoms with Gasteiger partial charge in [0.15, 0.2) is 0 Å². The number of aromatic nitrogens is 2. The molecule has 2 aromatic rings. The maximum Gasteiger partial charge on any atom is 0.258 e. The smallest absolute Gasteiger partial charge is 0.258 e.